The second-order valence-electron chi connectivity index (χ2n) is 7.38. The molecule has 1 aliphatic heterocycles. The number of hydrogen-bond acceptors (Lipinski definition) is 3. The van der Waals surface area contributed by atoms with Crippen LogP contribution in [0.5, 0.6) is 0 Å². The van der Waals surface area contributed by atoms with E-state index in [2.05, 4.69) is 29.4 Å². The van der Waals surface area contributed by atoms with Gasteiger partial charge in [0.05, 0.1) is 0 Å². The van der Waals surface area contributed by atoms with E-state index in [-0.39, 0.29) is 11.3 Å². The standard InChI is InChI=1S/C16H33N3O/c1-13(2)17-8-10-19-9-6-7-14(12-19)11-18-15(20)16(3,4)5/h13-14,17H,6-12H2,1-5H3,(H,18,20)/t14-/m0/s1. The van der Waals surface area contributed by atoms with Gasteiger partial charge in [-0.15, -0.1) is 0 Å². The van der Waals surface area contributed by atoms with Crippen LogP contribution in [-0.2, 0) is 4.79 Å². The number of amides is 1. The van der Waals surface area contributed by atoms with E-state index in [0.29, 0.717) is 12.0 Å². The number of nitrogens with one attached hydrogen (secondary N) is 2. The Balaban J connectivity index is 2.25. The third-order valence-corrected chi connectivity index (χ3v) is 3.82. The summed E-state index contributed by atoms with van der Waals surface area (Å²) in [7, 11) is 0. The molecule has 20 heavy (non-hydrogen) atoms. The molecule has 1 aliphatic rings. The van der Waals surface area contributed by atoms with Gasteiger partial charge >= 0.3 is 0 Å². The Kier molecular flexibility index (Phi) is 6.96. The summed E-state index contributed by atoms with van der Waals surface area (Å²) in [4.78, 5) is 14.4. The van der Waals surface area contributed by atoms with Gasteiger partial charge in [0.15, 0.2) is 0 Å². The molecular formula is C16H33N3O. The van der Waals surface area contributed by atoms with Crippen molar-refractivity contribution in [2.24, 2.45) is 11.3 Å². The minimum absolute atomic E-state index is 0.163. The topological polar surface area (TPSA) is 44.4 Å². The summed E-state index contributed by atoms with van der Waals surface area (Å²) in [6, 6.07) is 0.557. The monoisotopic (exact) mass is 283 g/mol. The number of nitrogens with zero attached hydrogens (tertiary/aromatic N) is 1. The minimum Gasteiger partial charge on any atom is -0.355 e. The first-order valence-electron chi connectivity index (χ1n) is 8.03. The van der Waals surface area contributed by atoms with Gasteiger partial charge in [0, 0.05) is 37.6 Å². The van der Waals surface area contributed by atoms with Crippen molar-refractivity contribution in [3.05, 3.63) is 0 Å². The third kappa shape index (κ3) is 6.71. The number of likely N-dealkylation sites (tertiary alicyclic amines) is 1. The lowest BCUT2D eigenvalue weighted by atomic mass is 9.94. The predicted molar refractivity (Wildman–Crippen MR) is 84.8 cm³/mol. The summed E-state index contributed by atoms with van der Waals surface area (Å²) in [5.41, 5.74) is -0.282. The highest BCUT2D eigenvalue weighted by molar-refractivity contribution is 5.81. The van der Waals surface area contributed by atoms with Crippen LogP contribution in [0, 0.1) is 11.3 Å². The maximum atomic E-state index is 11.9. The fourth-order valence-corrected chi connectivity index (χ4v) is 2.53. The summed E-state index contributed by atoms with van der Waals surface area (Å²) >= 11 is 0. The lowest BCUT2D eigenvalue weighted by Crippen LogP contribution is -2.45. The van der Waals surface area contributed by atoms with Crippen molar-refractivity contribution in [2.75, 3.05) is 32.7 Å². The molecule has 2 N–H and O–H groups in total. The molecule has 4 nitrogen and oxygen atoms in total. The number of carbonyl (C=O) groups excluding carboxylic acids is 1. The van der Waals surface area contributed by atoms with Crippen molar-refractivity contribution in [2.45, 2.75) is 53.5 Å². The zero-order chi connectivity index (χ0) is 15.2. The average molecular weight is 283 g/mol. The Morgan fingerprint density at radius 1 is 1.35 bits per heavy atom. The molecule has 1 rings (SSSR count). The molecule has 0 bridgehead atoms. The lowest BCUT2D eigenvalue weighted by Gasteiger charge is -2.33. The molecule has 0 aromatic heterocycles. The minimum atomic E-state index is -0.282. The van der Waals surface area contributed by atoms with Gasteiger partial charge < -0.3 is 15.5 Å². The van der Waals surface area contributed by atoms with Gasteiger partial charge in [0.1, 0.15) is 0 Å². The van der Waals surface area contributed by atoms with E-state index in [0.717, 1.165) is 26.2 Å². The summed E-state index contributed by atoms with van der Waals surface area (Å²) in [6.07, 6.45) is 2.48. The fraction of sp³-hybridized carbons (Fsp3) is 0.938. The van der Waals surface area contributed by atoms with Crippen LogP contribution in [-0.4, -0.2) is 49.6 Å². The smallest absolute Gasteiger partial charge is 0.225 e. The molecule has 1 heterocycles. The van der Waals surface area contributed by atoms with E-state index in [1.165, 1.54) is 19.4 Å². The number of piperidine rings is 1. The van der Waals surface area contributed by atoms with Crippen molar-refractivity contribution in [1.29, 1.82) is 0 Å². The first kappa shape index (κ1) is 17.4. The summed E-state index contributed by atoms with van der Waals surface area (Å²) in [6.45, 7) is 15.6. The zero-order valence-electron chi connectivity index (χ0n) is 14.0. The van der Waals surface area contributed by atoms with Crippen LogP contribution in [0.2, 0.25) is 0 Å². The number of hydrogen-bond donors (Lipinski definition) is 2. The first-order valence-corrected chi connectivity index (χ1v) is 8.03. The molecule has 0 aromatic carbocycles. The summed E-state index contributed by atoms with van der Waals surface area (Å²) < 4.78 is 0. The van der Waals surface area contributed by atoms with Crippen LogP contribution in [0.4, 0.5) is 0 Å². The maximum absolute atomic E-state index is 11.9. The Bertz CT molecular complexity index is 297. The largest absolute Gasteiger partial charge is 0.355 e. The van der Waals surface area contributed by atoms with Crippen LogP contribution in [0.25, 0.3) is 0 Å². The Morgan fingerprint density at radius 2 is 2.05 bits per heavy atom. The van der Waals surface area contributed by atoms with Gasteiger partial charge in [-0.3, -0.25) is 4.79 Å². The highest BCUT2D eigenvalue weighted by Gasteiger charge is 2.24. The SMILES string of the molecule is CC(C)NCCN1CCC[C@@H](CNC(=O)C(C)(C)C)C1. The van der Waals surface area contributed by atoms with Gasteiger partial charge in [0.25, 0.3) is 0 Å². The fourth-order valence-electron chi connectivity index (χ4n) is 2.53. The normalized spacial score (nSPS) is 21.2. The predicted octanol–water partition coefficient (Wildman–Crippen LogP) is 1.86. The Morgan fingerprint density at radius 3 is 2.65 bits per heavy atom. The molecule has 0 saturated carbocycles. The summed E-state index contributed by atoms with van der Waals surface area (Å²) in [5.74, 6) is 0.769. The van der Waals surface area contributed by atoms with Crippen LogP contribution in [0.3, 0.4) is 0 Å². The molecule has 118 valence electrons. The molecular weight excluding hydrogens is 250 g/mol. The average Bonchev–Trinajstić information content (AvgIpc) is 2.35. The molecule has 1 saturated heterocycles. The van der Waals surface area contributed by atoms with Crippen molar-refractivity contribution >= 4 is 5.91 Å². The molecule has 0 aromatic rings. The molecule has 1 amide bonds. The van der Waals surface area contributed by atoms with E-state index < -0.39 is 0 Å². The van der Waals surface area contributed by atoms with E-state index in [9.17, 15) is 4.79 Å². The molecule has 0 unspecified atom stereocenters. The van der Waals surface area contributed by atoms with Gasteiger partial charge in [-0.25, -0.2) is 0 Å². The van der Waals surface area contributed by atoms with E-state index in [1.807, 2.05) is 20.8 Å². The van der Waals surface area contributed by atoms with Crippen molar-refractivity contribution in [1.82, 2.24) is 15.5 Å². The van der Waals surface area contributed by atoms with Crippen LogP contribution >= 0.6 is 0 Å². The molecule has 4 heteroatoms. The van der Waals surface area contributed by atoms with Crippen LogP contribution in [0.15, 0.2) is 0 Å². The molecule has 0 aliphatic carbocycles. The van der Waals surface area contributed by atoms with Gasteiger partial charge in [-0.2, -0.15) is 0 Å². The quantitative estimate of drug-likeness (QED) is 0.782. The van der Waals surface area contributed by atoms with Crippen molar-refractivity contribution in [3.63, 3.8) is 0 Å². The lowest BCUT2D eigenvalue weighted by molar-refractivity contribution is -0.128. The van der Waals surface area contributed by atoms with Gasteiger partial charge in [0.2, 0.25) is 5.91 Å². The molecule has 1 fully saturated rings. The van der Waals surface area contributed by atoms with Gasteiger partial charge in [-0.05, 0) is 25.3 Å². The van der Waals surface area contributed by atoms with E-state index in [1.54, 1.807) is 0 Å². The van der Waals surface area contributed by atoms with Crippen molar-refractivity contribution < 1.29 is 4.79 Å². The molecule has 0 spiro atoms. The summed E-state index contributed by atoms with van der Waals surface area (Å²) in [5, 5.41) is 6.57. The first-order chi connectivity index (χ1) is 9.29. The van der Waals surface area contributed by atoms with Crippen LogP contribution in [0.1, 0.15) is 47.5 Å². The number of rotatable bonds is 6. The number of carbonyl (C=O) groups is 1. The third-order valence-electron chi connectivity index (χ3n) is 3.82. The van der Waals surface area contributed by atoms with Crippen molar-refractivity contribution in [3.8, 4) is 0 Å². The molecule has 1 atom stereocenters. The maximum Gasteiger partial charge on any atom is 0.225 e. The Hall–Kier alpha value is -0.610. The second-order valence-corrected chi connectivity index (χ2v) is 7.38. The second kappa shape index (κ2) is 7.99. The molecule has 0 radical (unpaired) electrons. The zero-order valence-corrected chi connectivity index (χ0v) is 14.0. The Labute approximate surface area is 124 Å². The van der Waals surface area contributed by atoms with E-state index in [4.69, 9.17) is 0 Å². The highest BCUT2D eigenvalue weighted by Crippen LogP contribution is 2.17. The van der Waals surface area contributed by atoms with Crippen LogP contribution < -0.4 is 10.6 Å². The van der Waals surface area contributed by atoms with E-state index >= 15 is 0 Å². The highest BCUT2D eigenvalue weighted by atomic mass is 16.2. The van der Waals surface area contributed by atoms with Gasteiger partial charge in [-0.1, -0.05) is 34.6 Å².